The minimum Gasteiger partial charge on any atom is -0.351 e. The number of primary sulfonamides is 1. The molecule has 94 valence electrons. The molecule has 17 heavy (non-hydrogen) atoms. The summed E-state index contributed by atoms with van der Waals surface area (Å²) in [6, 6.07) is 4.51. The van der Waals surface area contributed by atoms with Crippen LogP contribution in [0, 0.1) is 6.92 Å². The van der Waals surface area contributed by atoms with Crippen LogP contribution in [-0.4, -0.2) is 20.2 Å². The van der Waals surface area contributed by atoms with E-state index in [4.69, 9.17) is 16.7 Å². The largest absolute Gasteiger partial charge is 0.351 e. The molecule has 0 bridgehead atoms. The topological polar surface area (TPSA) is 89.3 Å². The molecular weight excluding hydrogens is 264 g/mol. The SMILES string of the molecule is Cc1ccc(S(N)(=O)=O)cc1CNC(=O)CCl. The summed E-state index contributed by atoms with van der Waals surface area (Å²) in [5.41, 5.74) is 1.56. The van der Waals surface area contributed by atoms with Crippen molar-refractivity contribution in [2.75, 3.05) is 5.88 Å². The lowest BCUT2D eigenvalue weighted by atomic mass is 10.1. The van der Waals surface area contributed by atoms with Crippen molar-refractivity contribution in [3.63, 3.8) is 0 Å². The summed E-state index contributed by atoms with van der Waals surface area (Å²) in [5.74, 6) is -0.444. The molecule has 0 aliphatic rings. The number of carbonyl (C=O) groups is 1. The number of carbonyl (C=O) groups excluding carboxylic acids is 1. The van der Waals surface area contributed by atoms with Gasteiger partial charge in [0.05, 0.1) is 4.90 Å². The number of alkyl halides is 1. The summed E-state index contributed by atoms with van der Waals surface area (Å²) >= 11 is 5.33. The van der Waals surface area contributed by atoms with Crippen LogP contribution in [0.5, 0.6) is 0 Å². The van der Waals surface area contributed by atoms with Crippen LogP contribution < -0.4 is 10.5 Å². The van der Waals surface area contributed by atoms with Gasteiger partial charge in [0.1, 0.15) is 5.88 Å². The summed E-state index contributed by atoms with van der Waals surface area (Å²) in [4.78, 5) is 11.0. The van der Waals surface area contributed by atoms with Gasteiger partial charge < -0.3 is 5.32 Å². The highest BCUT2D eigenvalue weighted by Gasteiger charge is 2.10. The number of hydrogen-bond acceptors (Lipinski definition) is 3. The summed E-state index contributed by atoms with van der Waals surface area (Å²) in [6.45, 7) is 2.04. The molecule has 5 nitrogen and oxygen atoms in total. The number of halogens is 1. The van der Waals surface area contributed by atoms with Gasteiger partial charge in [-0.3, -0.25) is 4.79 Å². The highest BCUT2D eigenvalue weighted by molar-refractivity contribution is 7.89. The second-order valence-corrected chi connectivity index (χ2v) is 5.37. The van der Waals surface area contributed by atoms with E-state index in [0.29, 0.717) is 5.56 Å². The Hall–Kier alpha value is -1.11. The van der Waals surface area contributed by atoms with E-state index in [2.05, 4.69) is 5.32 Å². The third kappa shape index (κ3) is 3.99. The number of hydrogen-bond donors (Lipinski definition) is 2. The van der Waals surface area contributed by atoms with Gasteiger partial charge in [0.25, 0.3) is 0 Å². The highest BCUT2D eigenvalue weighted by atomic mass is 35.5. The third-order valence-corrected chi connectivity index (χ3v) is 3.40. The summed E-state index contributed by atoms with van der Waals surface area (Å²) in [5, 5.41) is 7.58. The summed E-state index contributed by atoms with van der Waals surface area (Å²) < 4.78 is 22.3. The molecule has 0 saturated carbocycles. The second kappa shape index (κ2) is 5.48. The Bertz CT molecular complexity index is 528. The van der Waals surface area contributed by atoms with Crippen LogP contribution in [0.2, 0.25) is 0 Å². The van der Waals surface area contributed by atoms with Gasteiger partial charge in [0, 0.05) is 6.54 Å². The lowest BCUT2D eigenvalue weighted by molar-refractivity contribution is -0.118. The fourth-order valence-electron chi connectivity index (χ4n) is 1.26. The average molecular weight is 277 g/mol. The van der Waals surface area contributed by atoms with Gasteiger partial charge in [0.15, 0.2) is 0 Å². The lowest BCUT2D eigenvalue weighted by Crippen LogP contribution is -2.24. The Morgan fingerprint density at radius 3 is 2.65 bits per heavy atom. The maximum atomic E-state index is 11.2. The standard InChI is InChI=1S/C10H13ClN2O3S/c1-7-2-3-9(17(12,15)16)4-8(7)6-13-10(14)5-11/h2-4H,5-6H2,1H3,(H,13,14)(H2,12,15,16). The van der Waals surface area contributed by atoms with Crippen LogP contribution in [0.4, 0.5) is 0 Å². The quantitative estimate of drug-likeness (QED) is 0.785. The van der Waals surface area contributed by atoms with Crippen LogP contribution in [0.1, 0.15) is 11.1 Å². The molecule has 1 aromatic carbocycles. The minimum atomic E-state index is -3.72. The van der Waals surface area contributed by atoms with E-state index < -0.39 is 10.0 Å². The number of amides is 1. The van der Waals surface area contributed by atoms with Gasteiger partial charge >= 0.3 is 0 Å². The number of sulfonamides is 1. The molecule has 0 atom stereocenters. The Labute approximate surface area is 105 Å². The van der Waals surface area contributed by atoms with Crippen molar-refractivity contribution in [1.82, 2.24) is 5.32 Å². The molecule has 0 radical (unpaired) electrons. The highest BCUT2D eigenvalue weighted by Crippen LogP contribution is 2.14. The van der Waals surface area contributed by atoms with Gasteiger partial charge in [-0.05, 0) is 30.2 Å². The number of nitrogens with one attached hydrogen (secondary N) is 1. The van der Waals surface area contributed by atoms with Crippen molar-refractivity contribution < 1.29 is 13.2 Å². The normalized spacial score (nSPS) is 11.2. The molecule has 1 amide bonds. The van der Waals surface area contributed by atoms with Crippen molar-refractivity contribution in [1.29, 1.82) is 0 Å². The molecule has 0 saturated heterocycles. The van der Waals surface area contributed by atoms with E-state index in [-0.39, 0.29) is 23.2 Å². The maximum Gasteiger partial charge on any atom is 0.238 e. The molecule has 7 heteroatoms. The second-order valence-electron chi connectivity index (χ2n) is 3.54. The van der Waals surface area contributed by atoms with Crippen molar-refractivity contribution in [2.24, 2.45) is 5.14 Å². The van der Waals surface area contributed by atoms with Gasteiger partial charge in [-0.1, -0.05) is 6.07 Å². The van der Waals surface area contributed by atoms with Crippen molar-refractivity contribution >= 4 is 27.5 Å². The maximum absolute atomic E-state index is 11.2. The number of nitrogens with two attached hydrogens (primary N) is 1. The predicted octanol–water partition coefficient (Wildman–Crippen LogP) is 0.497. The molecule has 3 N–H and O–H groups in total. The Morgan fingerprint density at radius 2 is 2.12 bits per heavy atom. The minimum absolute atomic E-state index is 0.0261. The van der Waals surface area contributed by atoms with E-state index >= 15 is 0 Å². The van der Waals surface area contributed by atoms with Crippen molar-refractivity contribution in [2.45, 2.75) is 18.4 Å². The third-order valence-electron chi connectivity index (χ3n) is 2.25. The monoisotopic (exact) mass is 276 g/mol. The van der Waals surface area contributed by atoms with E-state index in [1.165, 1.54) is 12.1 Å². The molecule has 0 aliphatic carbocycles. The van der Waals surface area contributed by atoms with Gasteiger partial charge in [-0.15, -0.1) is 11.6 Å². The summed E-state index contributed by atoms with van der Waals surface area (Å²) in [7, 11) is -3.72. The first-order valence-electron chi connectivity index (χ1n) is 4.79. The predicted molar refractivity (Wildman–Crippen MR) is 65.1 cm³/mol. The molecule has 1 aromatic rings. The first-order valence-corrected chi connectivity index (χ1v) is 6.87. The molecule has 0 aliphatic heterocycles. The smallest absolute Gasteiger partial charge is 0.238 e. The zero-order valence-electron chi connectivity index (χ0n) is 9.23. The molecule has 0 aromatic heterocycles. The van der Waals surface area contributed by atoms with Crippen molar-refractivity contribution in [3.05, 3.63) is 29.3 Å². The molecule has 0 fully saturated rings. The zero-order valence-corrected chi connectivity index (χ0v) is 10.8. The van der Waals surface area contributed by atoms with Gasteiger partial charge in [-0.2, -0.15) is 0 Å². The van der Waals surface area contributed by atoms with Crippen LogP contribution >= 0.6 is 11.6 Å². The van der Waals surface area contributed by atoms with Crippen molar-refractivity contribution in [3.8, 4) is 0 Å². The van der Waals surface area contributed by atoms with E-state index in [1.807, 2.05) is 6.92 Å². The molecular formula is C10H13ClN2O3S. The van der Waals surface area contributed by atoms with E-state index in [9.17, 15) is 13.2 Å². The fraction of sp³-hybridized carbons (Fsp3) is 0.300. The lowest BCUT2D eigenvalue weighted by Gasteiger charge is -2.08. The molecule has 0 unspecified atom stereocenters. The first kappa shape index (κ1) is 14.0. The molecule has 0 spiro atoms. The fourth-order valence-corrected chi connectivity index (χ4v) is 1.92. The molecule has 1 rings (SSSR count). The van der Waals surface area contributed by atoms with Crippen LogP contribution in [0.25, 0.3) is 0 Å². The van der Waals surface area contributed by atoms with E-state index in [0.717, 1.165) is 5.56 Å². The van der Waals surface area contributed by atoms with Crippen LogP contribution in [0.3, 0.4) is 0 Å². The van der Waals surface area contributed by atoms with Gasteiger partial charge in [0.2, 0.25) is 15.9 Å². The average Bonchev–Trinajstić information content (AvgIpc) is 2.26. The Balaban J connectivity index is 2.96. The van der Waals surface area contributed by atoms with Crippen LogP contribution in [-0.2, 0) is 21.4 Å². The Kier molecular flexibility index (Phi) is 4.50. The zero-order chi connectivity index (χ0) is 13.1. The Morgan fingerprint density at radius 1 is 1.47 bits per heavy atom. The molecule has 0 heterocycles. The van der Waals surface area contributed by atoms with E-state index in [1.54, 1.807) is 6.07 Å². The number of rotatable bonds is 4. The number of benzene rings is 1. The number of aryl methyl sites for hydroxylation is 1. The van der Waals surface area contributed by atoms with Crippen LogP contribution in [0.15, 0.2) is 23.1 Å². The summed E-state index contributed by atoms with van der Waals surface area (Å²) in [6.07, 6.45) is 0. The van der Waals surface area contributed by atoms with Gasteiger partial charge in [-0.25, -0.2) is 13.6 Å². The first-order chi connectivity index (χ1) is 7.84.